The Morgan fingerprint density at radius 2 is 2.45 bits per heavy atom. The molecule has 0 atom stereocenters. The first-order valence-corrected chi connectivity index (χ1v) is 4.97. The van der Waals surface area contributed by atoms with Crippen LogP contribution < -0.4 is 5.32 Å². The van der Waals surface area contributed by atoms with E-state index < -0.39 is 0 Å². The summed E-state index contributed by atoms with van der Waals surface area (Å²) in [7, 11) is 0. The minimum Gasteiger partial charge on any atom is -0.312 e. The summed E-state index contributed by atoms with van der Waals surface area (Å²) < 4.78 is 0. The maximum absolute atomic E-state index is 3.43. The minimum absolute atomic E-state index is 1.09. The Bertz CT molecular complexity index is 229. The quantitative estimate of drug-likeness (QED) is 0.624. The van der Waals surface area contributed by atoms with Gasteiger partial charge in [0.25, 0.3) is 0 Å². The van der Waals surface area contributed by atoms with Crippen LogP contribution in [0.5, 0.6) is 0 Å². The predicted molar refractivity (Wildman–Crippen MR) is 49.1 cm³/mol. The number of hydrogen-bond acceptors (Lipinski definition) is 2. The molecule has 0 fully saturated rings. The maximum Gasteiger partial charge on any atom is 0.0302 e. The Hall–Kier alpha value is -0.340. The van der Waals surface area contributed by atoms with E-state index in [1.165, 1.54) is 24.3 Å². The Balaban J connectivity index is 2.32. The molecule has 1 N–H and O–H groups in total. The summed E-state index contributed by atoms with van der Waals surface area (Å²) >= 11 is 1.94. The molecule has 0 aromatic carbocycles. The molecule has 0 amide bonds. The second-order valence-electron chi connectivity index (χ2n) is 3.09. The smallest absolute Gasteiger partial charge is 0.0302 e. The lowest BCUT2D eigenvalue weighted by Crippen LogP contribution is -2.11. The van der Waals surface area contributed by atoms with Gasteiger partial charge in [0, 0.05) is 16.3 Å². The van der Waals surface area contributed by atoms with Crippen molar-refractivity contribution in [3.8, 4) is 0 Å². The number of thiophene rings is 1. The molecule has 0 unspecified atom stereocenters. The lowest BCUT2D eigenvalue weighted by molar-refractivity contribution is 0.683. The maximum atomic E-state index is 3.43. The zero-order valence-electron chi connectivity index (χ0n) is 6.81. The van der Waals surface area contributed by atoms with Gasteiger partial charge in [-0.3, -0.25) is 0 Å². The van der Waals surface area contributed by atoms with Crippen LogP contribution >= 0.6 is 11.3 Å². The van der Waals surface area contributed by atoms with Gasteiger partial charge < -0.3 is 5.32 Å². The van der Waals surface area contributed by atoms with Crippen molar-refractivity contribution < 1.29 is 0 Å². The highest BCUT2D eigenvalue weighted by Gasteiger charge is 2.09. The van der Waals surface area contributed by atoms with Gasteiger partial charge >= 0.3 is 0 Å². The van der Waals surface area contributed by atoms with E-state index in [4.69, 9.17) is 0 Å². The molecule has 0 saturated carbocycles. The van der Waals surface area contributed by atoms with Crippen LogP contribution in [0.4, 0.5) is 0 Å². The summed E-state index contributed by atoms with van der Waals surface area (Å²) in [4.78, 5) is 3.01. The summed E-state index contributed by atoms with van der Waals surface area (Å²) in [5.41, 5.74) is 1.58. The van der Waals surface area contributed by atoms with E-state index in [0.29, 0.717) is 0 Å². The average molecular weight is 167 g/mol. The molecule has 1 aromatic heterocycles. The zero-order valence-corrected chi connectivity index (χ0v) is 7.63. The van der Waals surface area contributed by atoms with Crippen molar-refractivity contribution in [1.82, 2.24) is 5.32 Å². The first kappa shape index (κ1) is 7.32. The Kier molecular flexibility index (Phi) is 1.96. The van der Waals surface area contributed by atoms with Crippen molar-refractivity contribution in [3.63, 3.8) is 0 Å². The van der Waals surface area contributed by atoms with Gasteiger partial charge in [0.05, 0.1) is 0 Å². The largest absolute Gasteiger partial charge is 0.312 e. The molecule has 0 saturated heterocycles. The van der Waals surface area contributed by atoms with Crippen LogP contribution in [0, 0.1) is 6.92 Å². The first-order chi connectivity index (χ1) is 5.36. The fourth-order valence-corrected chi connectivity index (χ4v) is 2.64. The van der Waals surface area contributed by atoms with E-state index in [1.54, 1.807) is 10.4 Å². The van der Waals surface area contributed by atoms with E-state index in [9.17, 15) is 0 Å². The third-order valence-electron chi connectivity index (χ3n) is 2.11. The van der Waals surface area contributed by atoms with Crippen molar-refractivity contribution in [2.45, 2.75) is 26.3 Å². The number of aryl methyl sites for hydroxylation is 2. The predicted octanol–water partition coefficient (Wildman–Crippen LogP) is 2.09. The molecule has 2 heteroatoms. The monoisotopic (exact) mass is 167 g/mol. The van der Waals surface area contributed by atoms with Gasteiger partial charge in [-0.15, -0.1) is 11.3 Å². The number of hydrogen-bond donors (Lipinski definition) is 1. The van der Waals surface area contributed by atoms with E-state index in [0.717, 1.165) is 6.54 Å². The fourth-order valence-electron chi connectivity index (χ4n) is 1.58. The second-order valence-corrected chi connectivity index (χ2v) is 4.43. The molecule has 1 aliphatic rings. The van der Waals surface area contributed by atoms with E-state index >= 15 is 0 Å². The normalized spacial score (nSPS) is 17.5. The highest BCUT2D eigenvalue weighted by molar-refractivity contribution is 7.12. The van der Waals surface area contributed by atoms with Crippen LogP contribution in [0.25, 0.3) is 0 Å². The molecular weight excluding hydrogens is 154 g/mol. The molecule has 2 rings (SSSR count). The second kappa shape index (κ2) is 2.95. The molecule has 0 aliphatic carbocycles. The number of rotatable bonds is 0. The zero-order chi connectivity index (χ0) is 7.68. The van der Waals surface area contributed by atoms with Crippen molar-refractivity contribution >= 4 is 11.3 Å². The molecule has 0 bridgehead atoms. The van der Waals surface area contributed by atoms with E-state index in [-0.39, 0.29) is 0 Å². The number of nitrogens with one attached hydrogen (secondary N) is 1. The molecule has 60 valence electrons. The summed E-state index contributed by atoms with van der Waals surface area (Å²) in [6.07, 6.45) is 2.57. The van der Waals surface area contributed by atoms with Crippen molar-refractivity contribution in [2.75, 3.05) is 6.54 Å². The third-order valence-corrected chi connectivity index (χ3v) is 3.20. The molecule has 1 aromatic rings. The van der Waals surface area contributed by atoms with Crippen LogP contribution in [0.3, 0.4) is 0 Å². The van der Waals surface area contributed by atoms with Crippen LogP contribution in [0.15, 0.2) is 6.07 Å². The summed E-state index contributed by atoms with van der Waals surface area (Å²) in [6, 6.07) is 2.34. The topological polar surface area (TPSA) is 12.0 Å². The third kappa shape index (κ3) is 1.47. The van der Waals surface area contributed by atoms with Crippen molar-refractivity contribution in [1.29, 1.82) is 0 Å². The van der Waals surface area contributed by atoms with Gasteiger partial charge in [-0.1, -0.05) is 0 Å². The van der Waals surface area contributed by atoms with Crippen LogP contribution in [0.2, 0.25) is 0 Å². The van der Waals surface area contributed by atoms with Gasteiger partial charge in [0.15, 0.2) is 0 Å². The lowest BCUT2D eigenvalue weighted by Gasteiger charge is -1.94. The Morgan fingerprint density at radius 3 is 3.36 bits per heavy atom. The Labute approximate surface area is 71.4 Å². The van der Waals surface area contributed by atoms with Crippen molar-refractivity contribution in [3.05, 3.63) is 21.4 Å². The summed E-state index contributed by atoms with van der Waals surface area (Å²) in [5.74, 6) is 0. The van der Waals surface area contributed by atoms with Crippen LogP contribution in [-0.2, 0) is 13.0 Å². The number of fused-ring (bicyclic) bond motifs is 1. The molecule has 0 radical (unpaired) electrons. The van der Waals surface area contributed by atoms with Crippen molar-refractivity contribution in [2.24, 2.45) is 0 Å². The Morgan fingerprint density at radius 1 is 1.55 bits per heavy atom. The van der Waals surface area contributed by atoms with Gasteiger partial charge in [0.2, 0.25) is 0 Å². The average Bonchev–Trinajstić information content (AvgIpc) is 2.17. The SMILES string of the molecule is Cc1cc2c(s1)CNCCC2. The van der Waals surface area contributed by atoms with Crippen LogP contribution in [0.1, 0.15) is 21.7 Å². The highest BCUT2D eigenvalue weighted by atomic mass is 32.1. The van der Waals surface area contributed by atoms with E-state index in [1.807, 2.05) is 11.3 Å². The van der Waals surface area contributed by atoms with Gasteiger partial charge in [-0.05, 0) is 37.9 Å². The summed E-state index contributed by atoms with van der Waals surface area (Å²) in [6.45, 7) is 4.47. The van der Waals surface area contributed by atoms with E-state index in [2.05, 4.69) is 18.3 Å². The fraction of sp³-hybridized carbons (Fsp3) is 0.556. The minimum atomic E-state index is 1.09. The highest BCUT2D eigenvalue weighted by Crippen LogP contribution is 2.24. The molecule has 1 aliphatic heterocycles. The molecule has 0 spiro atoms. The van der Waals surface area contributed by atoms with Gasteiger partial charge in [-0.2, -0.15) is 0 Å². The molecule has 1 nitrogen and oxygen atoms in total. The molecule has 11 heavy (non-hydrogen) atoms. The van der Waals surface area contributed by atoms with Gasteiger partial charge in [-0.25, -0.2) is 0 Å². The first-order valence-electron chi connectivity index (χ1n) is 4.15. The standard InChI is InChI=1S/C9H13NS/c1-7-5-8-3-2-4-10-6-9(8)11-7/h5,10H,2-4,6H2,1H3. The van der Waals surface area contributed by atoms with Crippen LogP contribution in [-0.4, -0.2) is 6.54 Å². The molecule has 2 heterocycles. The lowest BCUT2D eigenvalue weighted by atomic mass is 10.1. The molecular formula is C9H13NS. The van der Waals surface area contributed by atoms with Gasteiger partial charge in [0.1, 0.15) is 0 Å². The summed E-state index contributed by atoms with van der Waals surface area (Å²) in [5, 5.41) is 3.43.